The Morgan fingerprint density at radius 1 is 0.950 bits per heavy atom. The molecule has 2 rings (SSSR count). The molecule has 0 aromatic heterocycles. The summed E-state index contributed by atoms with van der Waals surface area (Å²) < 4.78 is 10.3. The number of hydrogen-bond acceptors (Lipinski definition) is 5. The van der Waals surface area contributed by atoms with Crippen molar-refractivity contribution >= 4 is 5.97 Å². The Hall–Kier alpha value is -2.69. The van der Waals surface area contributed by atoms with Gasteiger partial charge in [-0.05, 0) is 24.3 Å². The van der Waals surface area contributed by atoms with Crippen LogP contribution in [-0.2, 0) is 4.74 Å². The third kappa shape index (κ3) is 3.91. The van der Waals surface area contributed by atoms with Gasteiger partial charge in [0.2, 0.25) is 0 Å². The molecule has 0 unspecified atom stereocenters. The first-order chi connectivity index (χ1) is 9.65. The molecule has 2 N–H and O–H groups in total. The zero-order chi connectivity index (χ0) is 14.4. The van der Waals surface area contributed by atoms with E-state index in [1.165, 1.54) is 12.1 Å². The van der Waals surface area contributed by atoms with E-state index >= 15 is 0 Å². The van der Waals surface area contributed by atoms with E-state index in [4.69, 9.17) is 9.47 Å². The summed E-state index contributed by atoms with van der Waals surface area (Å²) in [5.41, 5.74) is 0.0854. The molecular formula is C15H14O5. The summed E-state index contributed by atoms with van der Waals surface area (Å²) in [4.78, 5) is 11.7. The molecule has 2 aromatic carbocycles. The second-order valence-electron chi connectivity index (χ2n) is 4.04. The molecular weight excluding hydrogens is 260 g/mol. The van der Waals surface area contributed by atoms with Crippen LogP contribution in [0.1, 0.15) is 10.4 Å². The van der Waals surface area contributed by atoms with Gasteiger partial charge in [0.25, 0.3) is 0 Å². The predicted molar refractivity (Wildman–Crippen MR) is 72.0 cm³/mol. The number of carbonyl (C=O) groups is 1. The van der Waals surface area contributed by atoms with Crippen molar-refractivity contribution in [2.75, 3.05) is 13.2 Å². The molecule has 0 radical (unpaired) electrons. The van der Waals surface area contributed by atoms with Crippen LogP contribution in [0.5, 0.6) is 17.2 Å². The molecule has 0 aliphatic heterocycles. The van der Waals surface area contributed by atoms with Crippen LogP contribution in [0.4, 0.5) is 0 Å². The number of carbonyl (C=O) groups excluding carboxylic acids is 1. The van der Waals surface area contributed by atoms with Crippen LogP contribution in [0.2, 0.25) is 0 Å². The van der Waals surface area contributed by atoms with Gasteiger partial charge in [0.15, 0.2) is 0 Å². The minimum absolute atomic E-state index is 0.0736. The Labute approximate surface area is 116 Å². The molecule has 2 aromatic rings. The molecule has 0 saturated carbocycles. The van der Waals surface area contributed by atoms with Crippen molar-refractivity contribution in [2.24, 2.45) is 0 Å². The Morgan fingerprint density at radius 2 is 1.60 bits per heavy atom. The first kappa shape index (κ1) is 13.7. The van der Waals surface area contributed by atoms with Gasteiger partial charge in [-0.3, -0.25) is 0 Å². The highest BCUT2D eigenvalue weighted by Crippen LogP contribution is 2.20. The number of aromatic hydroxyl groups is 2. The minimum Gasteiger partial charge on any atom is -0.508 e. The van der Waals surface area contributed by atoms with Crippen molar-refractivity contribution < 1.29 is 24.5 Å². The largest absolute Gasteiger partial charge is 0.508 e. The second kappa shape index (κ2) is 6.47. The lowest BCUT2D eigenvalue weighted by molar-refractivity contribution is 0.0449. The van der Waals surface area contributed by atoms with Crippen LogP contribution < -0.4 is 4.74 Å². The first-order valence-electron chi connectivity index (χ1n) is 6.03. The molecule has 0 heterocycles. The van der Waals surface area contributed by atoms with Crippen molar-refractivity contribution in [1.29, 1.82) is 0 Å². The molecule has 0 bridgehead atoms. The van der Waals surface area contributed by atoms with Crippen molar-refractivity contribution in [2.45, 2.75) is 0 Å². The normalized spacial score (nSPS) is 10.0. The monoisotopic (exact) mass is 274 g/mol. The lowest BCUT2D eigenvalue weighted by atomic mass is 10.2. The number of para-hydroxylation sites is 1. The summed E-state index contributed by atoms with van der Waals surface area (Å²) >= 11 is 0. The van der Waals surface area contributed by atoms with Crippen LogP contribution in [0.25, 0.3) is 0 Å². The average molecular weight is 274 g/mol. The lowest BCUT2D eigenvalue weighted by Crippen LogP contribution is -2.12. The van der Waals surface area contributed by atoms with Gasteiger partial charge in [-0.15, -0.1) is 0 Å². The second-order valence-corrected chi connectivity index (χ2v) is 4.04. The molecule has 0 aliphatic rings. The molecule has 104 valence electrons. The number of phenols is 2. The molecule has 20 heavy (non-hydrogen) atoms. The van der Waals surface area contributed by atoms with Crippen LogP contribution >= 0.6 is 0 Å². The van der Waals surface area contributed by atoms with Gasteiger partial charge >= 0.3 is 5.97 Å². The number of phenolic OH excluding ortho intramolecular Hbond substituents is 2. The van der Waals surface area contributed by atoms with Crippen molar-refractivity contribution in [3.8, 4) is 17.2 Å². The maximum absolute atomic E-state index is 11.7. The third-order valence-corrected chi connectivity index (χ3v) is 2.47. The highest BCUT2D eigenvalue weighted by molar-refractivity contribution is 5.90. The molecule has 0 fully saturated rings. The summed E-state index contributed by atoms with van der Waals surface area (Å²) in [5.74, 6) is -0.332. The van der Waals surface area contributed by atoms with Crippen LogP contribution in [0, 0.1) is 0 Å². The highest BCUT2D eigenvalue weighted by atomic mass is 16.6. The summed E-state index contributed by atoms with van der Waals surface area (Å²) in [6.45, 7) is 0.296. The average Bonchev–Trinajstić information content (AvgIpc) is 2.43. The number of hydrogen-bond donors (Lipinski definition) is 2. The SMILES string of the molecule is O=C(OCCOc1ccccc1)c1cc(O)cc(O)c1. The molecule has 0 amide bonds. The van der Waals surface area contributed by atoms with Gasteiger partial charge < -0.3 is 19.7 Å². The van der Waals surface area contributed by atoms with Crippen LogP contribution in [0.3, 0.4) is 0 Å². The van der Waals surface area contributed by atoms with Crippen molar-refractivity contribution in [1.82, 2.24) is 0 Å². The van der Waals surface area contributed by atoms with Crippen molar-refractivity contribution in [3.63, 3.8) is 0 Å². The zero-order valence-corrected chi connectivity index (χ0v) is 10.7. The molecule has 5 heteroatoms. The van der Waals surface area contributed by atoms with Gasteiger partial charge in [-0.2, -0.15) is 0 Å². The first-order valence-corrected chi connectivity index (χ1v) is 6.03. The van der Waals surface area contributed by atoms with E-state index in [1.807, 2.05) is 18.2 Å². The number of benzene rings is 2. The predicted octanol–water partition coefficient (Wildman–Crippen LogP) is 2.33. The Morgan fingerprint density at radius 3 is 2.25 bits per heavy atom. The lowest BCUT2D eigenvalue weighted by Gasteiger charge is -2.07. The summed E-state index contributed by atoms with van der Waals surface area (Å²) in [6, 6.07) is 12.7. The Balaban J connectivity index is 1.80. The maximum Gasteiger partial charge on any atom is 0.338 e. The van der Waals surface area contributed by atoms with E-state index in [9.17, 15) is 15.0 Å². The highest BCUT2D eigenvalue weighted by Gasteiger charge is 2.09. The van der Waals surface area contributed by atoms with E-state index in [0.717, 1.165) is 6.07 Å². The van der Waals surface area contributed by atoms with Gasteiger partial charge in [0.1, 0.15) is 30.5 Å². The molecule has 5 nitrogen and oxygen atoms in total. The summed E-state index contributed by atoms with van der Waals surface area (Å²) in [6.07, 6.45) is 0. The van der Waals surface area contributed by atoms with E-state index in [2.05, 4.69) is 0 Å². The summed E-state index contributed by atoms with van der Waals surface area (Å²) in [5, 5.41) is 18.5. The van der Waals surface area contributed by atoms with Gasteiger partial charge in [-0.25, -0.2) is 4.79 Å². The number of rotatable bonds is 5. The fraction of sp³-hybridized carbons (Fsp3) is 0.133. The topological polar surface area (TPSA) is 76.0 Å². The van der Waals surface area contributed by atoms with Gasteiger partial charge in [0.05, 0.1) is 5.56 Å². The smallest absolute Gasteiger partial charge is 0.338 e. The maximum atomic E-state index is 11.7. The Kier molecular flexibility index (Phi) is 4.44. The molecule has 0 spiro atoms. The van der Waals surface area contributed by atoms with Gasteiger partial charge in [0, 0.05) is 6.07 Å². The molecule has 0 saturated heterocycles. The third-order valence-electron chi connectivity index (χ3n) is 2.47. The van der Waals surface area contributed by atoms with Crippen molar-refractivity contribution in [3.05, 3.63) is 54.1 Å². The molecule has 0 aliphatic carbocycles. The van der Waals surface area contributed by atoms with E-state index in [0.29, 0.717) is 5.75 Å². The fourth-order valence-corrected chi connectivity index (χ4v) is 1.61. The Bertz CT molecular complexity index is 560. The number of ether oxygens (including phenoxy) is 2. The molecule has 0 atom stereocenters. The minimum atomic E-state index is -0.632. The van der Waals surface area contributed by atoms with E-state index in [1.54, 1.807) is 12.1 Å². The fourth-order valence-electron chi connectivity index (χ4n) is 1.61. The zero-order valence-electron chi connectivity index (χ0n) is 10.7. The summed E-state index contributed by atoms with van der Waals surface area (Å²) in [7, 11) is 0. The standard InChI is InChI=1S/C15H14O5/c16-12-8-11(9-13(17)10-12)15(18)20-7-6-19-14-4-2-1-3-5-14/h1-5,8-10,16-17H,6-7H2. The van der Waals surface area contributed by atoms with Gasteiger partial charge in [-0.1, -0.05) is 18.2 Å². The quantitative estimate of drug-likeness (QED) is 0.646. The number of esters is 1. The van der Waals surface area contributed by atoms with Crippen LogP contribution in [-0.4, -0.2) is 29.4 Å². The van der Waals surface area contributed by atoms with E-state index in [-0.39, 0.29) is 30.3 Å². The van der Waals surface area contributed by atoms with E-state index < -0.39 is 5.97 Å². The van der Waals surface area contributed by atoms with Crippen LogP contribution in [0.15, 0.2) is 48.5 Å².